The highest BCUT2D eigenvalue weighted by Crippen LogP contribution is 2.55. The summed E-state index contributed by atoms with van der Waals surface area (Å²) in [6.07, 6.45) is 0. The standard InChI is InChI=1S/C58H49BN2O4S2/c1-57(2,3)36-20-22-50-40(28-36)52-55(66-50)60(44-32-48-46(62-24-26-64-48)30-38(44)34-14-9-7-10-15-34)42-18-13-19-43-54(42)59(52)53-41-29-37(58(4,5)6)21-23-51(41)67-56(53)61(43)45-33-49-47(63-25-27-65-49)31-39(45)35-16-11-8-12-17-35/h7-23,28-33H,24-27H2,1-6H3. The smallest absolute Gasteiger partial charge is 0.256 e. The molecular weight excluding hydrogens is 864 g/mol. The third-order valence-corrected chi connectivity index (χ3v) is 16.3. The lowest BCUT2D eigenvalue weighted by Gasteiger charge is -2.43. The number of fused-ring (bicyclic) bond motifs is 10. The van der Waals surface area contributed by atoms with E-state index in [0.717, 1.165) is 68.0 Å². The topological polar surface area (TPSA) is 43.4 Å². The van der Waals surface area contributed by atoms with Crippen molar-refractivity contribution in [1.82, 2.24) is 0 Å². The zero-order valence-electron chi connectivity index (χ0n) is 38.5. The predicted molar refractivity (Wildman–Crippen MR) is 281 cm³/mol. The summed E-state index contributed by atoms with van der Waals surface area (Å²) in [7, 11) is 0. The van der Waals surface area contributed by atoms with Crippen LogP contribution in [0.25, 0.3) is 42.4 Å². The van der Waals surface area contributed by atoms with Gasteiger partial charge in [-0.15, -0.1) is 22.7 Å². The normalized spacial score (nSPS) is 14.9. The van der Waals surface area contributed by atoms with Crippen LogP contribution in [0.3, 0.4) is 0 Å². The molecule has 6 heterocycles. The lowest BCUT2D eigenvalue weighted by Crippen LogP contribution is -2.60. The zero-order valence-corrected chi connectivity index (χ0v) is 40.2. The minimum absolute atomic E-state index is 0.0476. The van der Waals surface area contributed by atoms with Gasteiger partial charge >= 0.3 is 0 Å². The minimum Gasteiger partial charge on any atom is -0.486 e. The zero-order chi connectivity index (χ0) is 45.3. The van der Waals surface area contributed by atoms with Gasteiger partial charge in [-0.05, 0) is 96.6 Å². The minimum atomic E-state index is -0.0774. The summed E-state index contributed by atoms with van der Waals surface area (Å²) in [4.78, 5) is 5.10. The van der Waals surface area contributed by atoms with E-state index in [-0.39, 0.29) is 17.5 Å². The van der Waals surface area contributed by atoms with Crippen LogP contribution >= 0.6 is 22.7 Å². The van der Waals surface area contributed by atoms with Crippen molar-refractivity contribution in [1.29, 1.82) is 0 Å². The second kappa shape index (κ2) is 14.9. The van der Waals surface area contributed by atoms with Gasteiger partial charge in [0.1, 0.15) is 26.4 Å². The van der Waals surface area contributed by atoms with E-state index >= 15 is 0 Å². The average molecular weight is 913 g/mol. The van der Waals surface area contributed by atoms with E-state index in [1.54, 1.807) is 0 Å². The molecule has 9 aromatic rings. The molecule has 7 aromatic carbocycles. The largest absolute Gasteiger partial charge is 0.486 e. The number of hydrogen-bond acceptors (Lipinski definition) is 8. The van der Waals surface area contributed by atoms with E-state index in [4.69, 9.17) is 18.9 Å². The molecule has 0 unspecified atom stereocenters. The summed E-state index contributed by atoms with van der Waals surface area (Å²) < 4.78 is 28.0. The Hall–Kier alpha value is -6.68. The Bertz CT molecular complexity index is 3250. The first-order valence-electron chi connectivity index (χ1n) is 23.3. The first-order valence-corrected chi connectivity index (χ1v) is 25.0. The Morgan fingerprint density at radius 1 is 0.418 bits per heavy atom. The van der Waals surface area contributed by atoms with Gasteiger partial charge in [0.05, 0.1) is 21.4 Å². The van der Waals surface area contributed by atoms with Crippen LogP contribution in [0.2, 0.25) is 0 Å². The van der Waals surface area contributed by atoms with Crippen LogP contribution in [0.1, 0.15) is 52.7 Å². The fraction of sp³-hybridized carbons (Fsp3) is 0.207. The molecule has 4 aliphatic heterocycles. The summed E-state index contributed by atoms with van der Waals surface area (Å²) in [5.74, 6) is 3.06. The van der Waals surface area contributed by atoms with Crippen molar-refractivity contribution in [3.05, 3.63) is 151 Å². The van der Waals surface area contributed by atoms with Crippen molar-refractivity contribution in [2.45, 2.75) is 52.4 Å². The molecule has 0 N–H and O–H groups in total. The van der Waals surface area contributed by atoms with Gasteiger partial charge in [0.2, 0.25) is 0 Å². The Morgan fingerprint density at radius 3 is 1.22 bits per heavy atom. The van der Waals surface area contributed by atoms with E-state index in [0.29, 0.717) is 26.4 Å². The summed E-state index contributed by atoms with van der Waals surface area (Å²) >= 11 is 3.78. The first kappa shape index (κ1) is 40.6. The van der Waals surface area contributed by atoms with Gasteiger partial charge in [-0.1, -0.05) is 133 Å². The number of ether oxygens (including phenoxy) is 4. The Labute approximate surface area is 400 Å². The highest BCUT2D eigenvalue weighted by atomic mass is 32.1. The molecule has 0 amide bonds. The van der Waals surface area contributed by atoms with Crippen molar-refractivity contribution in [2.24, 2.45) is 0 Å². The number of anilines is 6. The molecular formula is C58H49BN2O4S2. The molecule has 0 saturated heterocycles. The lowest BCUT2D eigenvalue weighted by molar-refractivity contribution is 0.172. The maximum atomic E-state index is 6.43. The maximum absolute atomic E-state index is 6.43. The van der Waals surface area contributed by atoms with E-state index in [9.17, 15) is 0 Å². The van der Waals surface area contributed by atoms with Crippen molar-refractivity contribution in [3.63, 3.8) is 0 Å². The molecule has 0 saturated carbocycles. The molecule has 67 heavy (non-hydrogen) atoms. The second-order valence-electron chi connectivity index (χ2n) is 20.1. The number of hydrogen-bond donors (Lipinski definition) is 0. The molecule has 2 aromatic heterocycles. The fourth-order valence-corrected chi connectivity index (χ4v) is 13.1. The number of nitrogens with zero attached hydrogens (tertiary/aromatic N) is 2. The molecule has 9 heteroatoms. The maximum Gasteiger partial charge on any atom is 0.256 e. The van der Waals surface area contributed by atoms with Gasteiger partial charge in [0.25, 0.3) is 6.71 Å². The van der Waals surface area contributed by atoms with Gasteiger partial charge < -0.3 is 28.7 Å². The molecule has 0 fully saturated rings. The summed E-state index contributed by atoms with van der Waals surface area (Å²) in [5.41, 5.74) is 15.3. The van der Waals surface area contributed by atoms with Crippen molar-refractivity contribution < 1.29 is 18.9 Å². The Balaban J connectivity index is 1.18. The molecule has 13 rings (SSSR count). The van der Waals surface area contributed by atoms with Crippen molar-refractivity contribution in [3.8, 4) is 45.3 Å². The van der Waals surface area contributed by atoms with Gasteiger partial charge in [0, 0.05) is 44.0 Å². The molecule has 6 nitrogen and oxygen atoms in total. The number of thiophene rings is 2. The molecule has 0 atom stereocenters. The predicted octanol–water partition coefficient (Wildman–Crippen LogP) is 13.7. The first-order chi connectivity index (χ1) is 32.5. The Morgan fingerprint density at radius 2 is 0.821 bits per heavy atom. The molecule has 4 aliphatic rings. The molecule has 0 radical (unpaired) electrons. The van der Waals surface area contributed by atoms with Crippen LogP contribution in [-0.4, -0.2) is 33.1 Å². The van der Waals surface area contributed by atoms with Gasteiger partial charge in [-0.25, -0.2) is 0 Å². The van der Waals surface area contributed by atoms with E-state index in [2.05, 4.69) is 191 Å². The van der Waals surface area contributed by atoms with Crippen molar-refractivity contribution in [2.75, 3.05) is 36.2 Å². The second-order valence-corrected chi connectivity index (χ2v) is 22.2. The highest BCUT2D eigenvalue weighted by molar-refractivity contribution is 7.29. The van der Waals surface area contributed by atoms with Crippen molar-refractivity contribution >= 4 is 98.7 Å². The average Bonchev–Trinajstić information content (AvgIpc) is 3.91. The molecule has 0 bridgehead atoms. The summed E-state index contributed by atoms with van der Waals surface area (Å²) in [6, 6.07) is 51.6. The van der Waals surface area contributed by atoms with Crippen LogP contribution in [-0.2, 0) is 10.8 Å². The van der Waals surface area contributed by atoms with E-state index in [1.165, 1.54) is 57.7 Å². The quantitative estimate of drug-likeness (QED) is 0.164. The van der Waals surface area contributed by atoms with Crippen LogP contribution in [0.15, 0.2) is 140 Å². The number of benzene rings is 7. The lowest BCUT2D eigenvalue weighted by atomic mass is 9.33. The highest BCUT2D eigenvalue weighted by Gasteiger charge is 2.48. The van der Waals surface area contributed by atoms with E-state index in [1.807, 2.05) is 22.7 Å². The Kier molecular flexibility index (Phi) is 9.03. The van der Waals surface area contributed by atoms with E-state index < -0.39 is 0 Å². The van der Waals surface area contributed by atoms with Crippen LogP contribution in [0.5, 0.6) is 23.0 Å². The third-order valence-electron chi connectivity index (χ3n) is 13.9. The van der Waals surface area contributed by atoms with Gasteiger partial charge in [-0.2, -0.15) is 0 Å². The van der Waals surface area contributed by atoms with Crippen LogP contribution < -0.4 is 45.1 Å². The third kappa shape index (κ3) is 6.34. The fourth-order valence-electron chi connectivity index (χ4n) is 10.6. The van der Waals surface area contributed by atoms with Gasteiger partial charge in [-0.3, -0.25) is 0 Å². The monoisotopic (exact) mass is 912 g/mol. The van der Waals surface area contributed by atoms with Gasteiger partial charge in [0.15, 0.2) is 23.0 Å². The molecule has 0 aliphatic carbocycles. The molecule has 0 spiro atoms. The summed E-state index contributed by atoms with van der Waals surface area (Å²) in [6.45, 7) is 15.9. The summed E-state index contributed by atoms with van der Waals surface area (Å²) in [5, 5.41) is 5.05. The van der Waals surface area contributed by atoms with Crippen LogP contribution in [0, 0.1) is 0 Å². The SMILES string of the molecule is CC(C)(C)c1ccc2sc3c(c2c1)B1c2c(cccc2N(c2cc4c(cc2-c2ccccc2)OCCO4)c2sc4ccc(C(C)(C)C)cc4c21)N3c1cc2c(cc1-c1ccccc1)OCCO2. The molecule has 330 valence electrons. The van der Waals surface area contributed by atoms with Crippen LogP contribution in [0.4, 0.5) is 32.8 Å². The number of rotatable bonds is 4.